The molecule has 30 heavy (non-hydrogen) atoms. The number of fused-ring (bicyclic) bond motifs is 1. The zero-order valence-electron chi connectivity index (χ0n) is 16.3. The molecular formula is C21H24N2O5S2. The van der Waals surface area contributed by atoms with Crippen molar-refractivity contribution in [1.82, 2.24) is 9.21 Å². The Balaban J connectivity index is 1.58. The Kier molecular flexibility index (Phi) is 5.78. The maximum absolute atomic E-state index is 13.4. The number of carboxylic acid groups (broad SMARTS) is 1. The molecule has 2 heterocycles. The van der Waals surface area contributed by atoms with Crippen molar-refractivity contribution < 1.29 is 23.1 Å². The minimum absolute atomic E-state index is 0.158. The number of benzene rings is 2. The molecule has 2 aromatic carbocycles. The standard InChI is InChI=1S/C21H24N2O5S2/c24-20(22-9-7-15(8-10-22)21(25)26)19-12-17(29)13-23(19)30(27,28)18-6-5-14-3-1-2-4-16(14)11-18/h1-6,11,15,17,19,29H,7-10,12-13H2,(H,25,26)/t17?,19-/m0/s1. The van der Waals surface area contributed by atoms with Crippen molar-refractivity contribution in [1.29, 1.82) is 0 Å². The van der Waals surface area contributed by atoms with Gasteiger partial charge in [-0.2, -0.15) is 16.9 Å². The van der Waals surface area contributed by atoms with Crippen LogP contribution in [0, 0.1) is 5.92 Å². The molecule has 2 fully saturated rings. The fourth-order valence-corrected chi connectivity index (χ4v) is 6.46. The van der Waals surface area contributed by atoms with Gasteiger partial charge in [0.1, 0.15) is 6.04 Å². The van der Waals surface area contributed by atoms with E-state index in [-0.39, 0.29) is 22.6 Å². The monoisotopic (exact) mass is 448 g/mol. The van der Waals surface area contributed by atoms with Crippen molar-refractivity contribution in [2.45, 2.75) is 35.4 Å². The zero-order valence-corrected chi connectivity index (χ0v) is 18.1. The number of likely N-dealkylation sites (tertiary alicyclic amines) is 1. The van der Waals surface area contributed by atoms with E-state index in [1.54, 1.807) is 23.1 Å². The highest BCUT2D eigenvalue weighted by molar-refractivity contribution is 7.89. The van der Waals surface area contributed by atoms with Crippen molar-refractivity contribution in [2.24, 2.45) is 5.92 Å². The van der Waals surface area contributed by atoms with Crippen molar-refractivity contribution in [2.75, 3.05) is 19.6 Å². The van der Waals surface area contributed by atoms with Gasteiger partial charge in [0.25, 0.3) is 0 Å². The number of carboxylic acids is 1. The predicted octanol–water partition coefficient (Wildman–Crippen LogP) is 2.22. The minimum Gasteiger partial charge on any atom is -0.481 e. The molecule has 1 N–H and O–H groups in total. The van der Waals surface area contributed by atoms with E-state index < -0.39 is 28.0 Å². The second-order valence-electron chi connectivity index (χ2n) is 7.93. The summed E-state index contributed by atoms with van der Waals surface area (Å²) in [6, 6.07) is 11.7. The van der Waals surface area contributed by atoms with Crippen molar-refractivity contribution >= 4 is 45.3 Å². The smallest absolute Gasteiger partial charge is 0.306 e. The number of piperidine rings is 1. The van der Waals surface area contributed by atoms with E-state index in [0.29, 0.717) is 32.4 Å². The molecule has 1 amide bonds. The molecule has 160 valence electrons. The van der Waals surface area contributed by atoms with E-state index >= 15 is 0 Å². The number of carbonyl (C=O) groups excluding carboxylic acids is 1. The summed E-state index contributed by atoms with van der Waals surface area (Å²) in [6.07, 6.45) is 1.11. The third kappa shape index (κ3) is 3.93. The van der Waals surface area contributed by atoms with Gasteiger partial charge in [0.2, 0.25) is 15.9 Å². The van der Waals surface area contributed by atoms with Gasteiger partial charge < -0.3 is 10.0 Å². The molecule has 0 spiro atoms. The molecule has 2 saturated heterocycles. The molecule has 2 atom stereocenters. The molecule has 0 aliphatic carbocycles. The molecule has 0 saturated carbocycles. The molecular weight excluding hydrogens is 424 g/mol. The summed E-state index contributed by atoms with van der Waals surface area (Å²) in [4.78, 5) is 26.1. The van der Waals surface area contributed by atoms with Gasteiger partial charge in [-0.3, -0.25) is 9.59 Å². The molecule has 9 heteroatoms. The lowest BCUT2D eigenvalue weighted by atomic mass is 9.96. The summed E-state index contributed by atoms with van der Waals surface area (Å²) in [5, 5.41) is 10.7. The minimum atomic E-state index is -3.88. The molecule has 2 aromatic rings. The number of rotatable bonds is 4. The largest absolute Gasteiger partial charge is 0.481 e. The number of amides is 1. The van der Waals surface area contributed by atoms with Gasteiger partial charge in [-0.1, -0.05) is 30.3 Å². The Bertz CT molecular complexity index is 1080. The normalized spacial score (nSPS) is 23.7. The summed E-state index contributed by atoms with van der Waals surface area (Å²) in [7, 11) is -3.88. The first kappa shape index (κ1) is 21.1. The Morgan fingerprint density at radius 3 is 2.37 bits per heavy atom. The molecule has 7 nitrogen and oxygen atoms in total. The van der Waals surface area contributed by atoms with Crippen LogP contribution in [0.2, 0.25) is 0 Å². The third-order valence-electron chi connectivity index (χ3n) is 6.00. The third-order valence-corrected chi connectivity index (χ3v) is 8.25. The molecule has 1 unspecified atom stereocenters. The number of hydrogen-bond acceptors (Lipinski definition) is 5. The number of carbonyl (C=O) groups is 2. The first-order valence-electron chi connectivity index (χ1n) is 9.97. The molecule has 2 aliphatic rings. The topological polar surface area (TPSA) is 95.0 Å². The number of aliphatic carboxylic acids is 1. The van der Waals surface area contributed by atoms with Gasteiger partial charge in [-0.25, -0.2) is 8.42 Å². The highest BCUT2D eigenvalue weighted by atomic mass is 32.2. The number of thiol groups is 1. The predicted molar refractivity (Wildman–Crippen MR) is 116 cm³/mol. The summed E-state index contributed by atoms with van der Waals surface area (Å²) in [6.45, 7) is 0.821. The fourth-order valence-electron chi connectivity index (χ4n) is 4.30. The molecule has 0 radical (unpaired) electrons. The Hall–Kier alpha value is -2.10. The summed E-state index contributed by atoms with van der Waals surface area (Å²) < 4.78 is 28.1. The average molecular weight is 449 g/mol. The van der Waals surface area contributed by atoms with E-state index in [2.05, 4.69) is 12.6 Å². The highest BCUT2D eigenvalue weighted by Crippen LogP contribution is 2.32. The van der Waals surface area contributed by atoms with Crippen LogP contribution in [0.4, 0.5) is 0 Å². The average Bonchev–Trinajstić information content (AvgIpc) is 3.15. The van der Waals surface area contributed by atoms with Gasteiger partial charge in [0.15, 0.2) is 0 Å². The Morgan fingerprint density at radius 2 is 1.70 bits per heavy atom. The van der Waals surface area contributed by atoms with Crippen LogP contribution in [-0.2, 0) is 19.6 Å². The molecule has 0 aromatic heterocycles. The molecule has 2 aliphatic heterocycles. The first-order chi connectivity index (χ1) is 14.3. The highest BCUT2D eigenvalue weighted by Gasteiger charge is 2.45. The lowest BCUT2D eigenvalue weighted by Crippen LogP contribution is -2.50. The quantitative estimate of drug-likeness (QED) is 0.700. The second kappa shape index (κ2) is 8.20. The van der Waals surface area contributed by atoms with Crippen LogP contribution in [0.25, 0.3) is 10.8 Å². The lowest BCUT2D eigenvalue weighted by molar-refractivity contribution is -0.146. The van der Waals surface area contributed by atoms with Crippen LogP contribution in [-0.4, -0.2) is 65.5 Å². The van der Waals surface area contributed by atoms with E-state index in [1.807, 2.05) is 24.3 Å². The lowest BCUT2D eigenvalue weighted by Gasteiger charge is -2.34. The van der Waals surface area contributed by atoms with Crippen LogP contribution >= 0.6 is 12.6 Å². The SMILES string of the molecule is O=C(O)C1CCN(C(=O)[C@@H]2CC(S)CN2S(=O)(=O)c2ccc3ccccc3c2)CC1. The van der Waals surface area contributed by atoms with Crippen molar-refractivity contribution in [3.05, 3.63) is 42.5 Å². The van der Waals surface area contributed by atoms with Crippen LogP contribution in [0.15, 0.2) is 47.4 Å². The number of hydrogen-bond donors (Lipinski definition) is 2. The van der Waals surface area contributed by atoms with Gasteiger partial charge in [0, 0.05) is 24.9 Å². The van der Waals surface area contributed by atoms with E-state index in [9.17, 15) is 18.0 Å². The van der Waals surface area contributed by atoms with Crippen LogP contribution in [0.1, 0.15) is 19.3 Å². The van der Waals surface area contributed by atoms with Crippen LogP contribution in [0.3, 0.4) is 0 Å². The maximum atomic E-state index is 13.4. The van der Waals surface area contributed by atoms with E-state index in [4.69, 9.17) is 5.11 Å². The summed E-state index contributed by atoms with van der Waals surface area (Å²) >= 11 is 4.46. The Labute approximate surface area is 181 Å². The van der Waals surface area contributed by atoms with Gasteiger partial charge in [-0.15, -0.1) is 0 Å². The summed E-state index contributed by atoms with van der Waals surface area (Å²) in [5.74, 6) is -1.56. The number of nitrogens with zero attached hydrogens (tertiary/aromatic N) is 2. The van der Waals surface area contributed by atoms with Crippen molar-refractivity contribution in [3.8, 4) is 0 Å². The van der Waals surface area contributed by atoms with Gasteiger partial charge >= 0.3 is 5.97 Å². The van der Waals surface area contributed by atoms with E-state index in [0.717, 1.165) is 10.8 Å². The second-order valence-corrected chi connectivity index (χ2v) is 10.5. The zero-order chi connectivity index (χ0) is 21.5. The molecule has 0 bridgehead atoms. The fraction of sp³-hybridized carbons (Fsp3) is 0.429. The van der Waals surface area contributed by atoms with Gasteiger partial charge in [-0.05, 0) is 42.2 Å². The summed E-state index contributed by atoms with van der Waals surface area (Å²) in [5.41, 5.74) is 0. The number of sulfonamides is 1. The molecule has 4 rings (SSSR count). The van der Waals surface area contributed by atoms with Gasteiger partial charge in [0.05, 0.1) is 10.8 Å². The van der Waals surface area contributed by atoms with Crippen molar-refractivity contribution in [3.63, 3.8) is 0 Å². The van der Waals surface area contributed by atoms with Crippen LogP contribution in [0.5, 0.6) is 0 Å². The maximum Gasteiger partial charge on any atom is 0.306 e. The van der Waals surface area contributed by atoms with Crippen LogP contribution < -0.4 is 0 Å². The first-order valence-corrected chi connectivity index (χ1v) is 11.9. The Morgan fingerprint density at radius 1 is 1.03 bits per heavy atom. The van der Waals surface area contributed by atoms with E-state index in [1.165, 1.54) is 4.31 Å².